The molecular formula is C27H24ClN3O5S2. The molecule has 0 bridgehead atoms. The molecule has 0 radical (unpaired) electrons. The van der Waals surface area contributed by atoms with E-state index in [9.17, 15) is 21.6 Å². The number of nitrogens with zero attached hydrogens (tertiary/aromatic N) is 1. The first-order chi connectivity index (χ1) is 18.1. The van der Waals surface area contributed by atoms with Crippen molar-refractivity contribution >= 4 is 54.6 Å². The van der Waals surface area contributed by atoms with E-state index in [1.165, 1.54) is 48.5 Å². The first-order valence-electron chi connectivity index (χ1n) is 11.4. The lowest BCUT2D eigenvalue weighted by atomic mass is 10.2. The molecule has 0 aliphatic rings. The van der Waals surface area contributed by atoms with Crippen LogP contribution in [-0.4, -0.2) is 29.3 Å². The highest BCUT2D eigenvalue weighted by molar-refractivity contribution is 7.93. The third-order valence-electron chi connectivity index (χ3n) is 5.55. The van der Waals surface area contributed by atoms with Crippen molar-refractivity contribution in [1.82, 2.24) is 0 Å². The van der Waals surface area contributed by atoms with Crippen LogP contribution in [0.15, 0.2) is 113 Å². The minimum absolute atomic E-state index is 0.0151. The molecule has 0 heterocycles. The fraction of sp³-hybridized carbons (Fsp3) is 0.0741. The van der Waals surface area contributed by atoms with Crippen molar-refractivity contribution in [2.24, 2.45) is 0 Å². The maximum atomic E-state index is 13.5. The topological polar surface area (TPSA) is 113 Å². The second-order valence-corrected chi connectivity index (χ2v) is 12.3. The van der Waals surface area contributed by atoms with Crippen LogP contribution >= 0.6 is 11.6 Å². The molecule has 4 rings (SSSR count). The van der Waals surface area contributed by atoms with Crippen LogP contribution in [-0.2, 0) is 24.8 Å². The molecule has 0 saturated heterocycles. The maximum Gasteiger partial charge on any atom is 0.264 e. The summed E-state index contributed by atoms with van der Waals surface area (Å²) >= 11 is 5.84. The molecule has 0 fully saturated rings. The Morgan fingerprint density at radius 2 is 1.32 bits per heavy atom. The molecule has 11 heteroatoms. The average Bonchev–Trinajstić information content (AvgIpc) is 2.90. The maximum absolute atomic E-state index is 13.5. The van der Waals surface area contributed by atoms with Gasteiger partial charge in [-0.3, -0.25) is 13.8 Å². The zero-order chi connectivity index (χ0) is 27.3. The van der Waals surface area contributed by atoms with Gasteiger partial charge in [0.05, 0.1) is 15.5 Å². The standard InChI is InChI=1S/C27H24ClN3O5S2/c1-20-7-5-6-10-26(20)31(38(35,36)25-8-3-2-4-9-25)19-27(32)29-22-15-17-24(18-16-22)37(33,34)30-23-13-11-21(28)12-14-23/h2-18,30H,19H2,1H3,(H,29,32). The van der Waals surface area contributed by atoms with Crippen LogP contribution in [0.5, 0.6) is 0 Å². The van der Waals surface area contributed by atoms with Crippen molar-refractivity contribution < 1.29 is 21.6 Å². The first-order valence-corrected chi connectivity index (χ1v) is 14.7. The third kappa shape index (κ3) is 6.34. The Labute approximate surface area is 227 Å². The summed E-state index contributed by atoms with van der Waals surface area (Å²) in [6.45, 7) is 1.28. The van der Waals surface area contributed by atoms with Crippen molar-refractivity contribution in [3.05, 3.63) is 114 Å². The van der Waals surface area contributed by atoms with E-state index in [-0.39, 0.29) is 9.79 Å². The quantitative estimate of drug-likeness (QED) is 0.285. The molecule has 4 aromatic carbocycles. The van der Waals surface area contributed by atoms with Gasteiger partial charge in [-0.15, -0.1) is 0 Å². The van der Waals surface area contributed by atoms with Gasteiger partial charge in [0.2, 0.25) is 5.91 Å². The van der Waals surface area contributed by atoms with Crippen LogP contribution in [0.3, 0.4) is 0 Å². The number of aryl methyl sites for hydroxylation is 1. The summed E-state index contributed by atoms with van der Waals surface area (Å²) in [6, 6.07) is 26.5. The number of carbonyl (C=O) groups excluding carboxylic acids is 1. The molecule has 0 aromatic heterocycles. The molecule has 0 unspecified atom stereocenters. The number of hydrogen-bond donors (Lipinski definition) is 2. The van der Waals surface area contributed by atoms with Gasteiger partial charge in [0.15, 0.2) is 0 Å². The van der Waals surface area contributed by atoms with Gasteiger partial charge >= 0.3 is 0 Å². The minimum Gasteiger partial charge on any atom is -0.325 e. The van der Waals surface area contributed by atoms with Crippen molar-refractivity contribution in [3.63, 3.8) is 0 Å². The summed E-state index contributed by atoms with van der Waals surface area (Å²) in [4.78, 5) is 13.0. The largest absolute Gasteiger partial charge is 0.325 e. The van der Waals surface area contributed by atoms with Gasteiger partial charge in [0, 0.05) is 16.4 Å². The molecule has 38 heavy (non-hydrogen) atoms. The number of halogens is 1. The highest BCUT2D eigenvalue weighted by atomic mass is 35.5. The van der Waals surface area contributed by atoms with Crippen LogP contribution in [0.2, 0.25) is 5.02 Å². The summed E-state index contributed by atoms with van der Waals surface area (Å²) in [5, 5.41) is 3.12. The molecule has 0 aliphatic heterocycles. The zero-order valence-electron chi connectivity index (χ0n) is 20.2. The van der Waals surface area contributed by atoms with E-state index in [1.54, 1.807) is 61.5 Å². The Kier molecular flexibility index (Phi) is 8.05. The lowest BCUT2D eigenvalue weighted by Crippen LogP contribution is -2.38. The zero-order valence-corrected chi connectivity index (χ0v) is 22.6. The molecular weight excluding hydrogens is 546 g/mol. The van der Waals surface area contributed by atoms with Crippen molar-refractivity contribution in [2.45, 2.75) is 16.7 Å². The number of carbonyl (C=O) groups is 1. The van der Waals surface area contributed by atoms with Crippen LogP contribution in [0.1, 0.15) is 5.56 Å². The Morgan fingerprint density at radius 3 is 1.95 bits per heavy atom. The second kappa shape index (κ2) is 11.3. The van der Waals surface area contributed by atoms with E-state index >= 15 is 0 Å². The molecule has 0 atom stereocenters. The summed E-state index contributed by atoms with van der Waals surface area (Å²) in [5.41, 5.74) is 1.72. The molecule has 2 N–H and O–H groups in total. The lowest BCUT2D eigenvalue weighted by molar-refractivity contribution is -0.114. The van der Waals surface area contributed by atoms with Crippen LogP contribution in [0.25, 0.3) is 0 Å². The number of amides is 1. The second-order valence-electron chi connectivity index (χ2n) is 8.30. The molecule has 0 aliphatic carbocycles. The fourth-order valence-electron chi connectivity index (χ4n) is 3.64. The van der Waals surface area contributed by atoms with Gasteiger partial charge in [-0.2, -0.15) is 0 Å². The smallest absolute Gasteiger partial charge is 0.264 e. The molecule has 1 amide bonds. The number of anilines is 3. The number of para-hydroxylation sites is 1. The Balaban J connectivity index is 1.52. The van der Waals surface area contributed by atoms with Gasteiger partial charge in [-0.05, 0) is 79.2 Å². The van der Waals surface area contributed by atoms with E-state index in [0.717, 1.165) is 4.31 Å². The van der Waals surface area contributed by atoms with Crippen LogP contribution < -0.4 is 14.3 Å². The van der Waals surface area contributed by atoms with Crippen molar-refractivity contribution in [2.75, 3.05) is 20.9 Å². The Morgan fingerprint density at radius 1 is 0.737 bits per heavy atom. The number of sulfonamides is 2. The summed E-state index contributed by atoms with van der Waals surface area (Å²) in [7, 11) is -7.92. The highest BCUT2D eigenvalue weighted by Crippen LogP contribution is 2.27. The summed E-state index contributed by atoms with van der Waals surface area (Å²) in [6.07, 6.45) is 0. The fourth-order valence-corrected chi connectivity index (χ4v) is 6.33. The van der Waals surface area contributed by atoms with E-state index in [2.05, 4.69) is 10.0 Å². The Hall–Kier alpha value is -3.86. The van der Waals surface area contributed by atoms with Gasteiger partial charge < -0.3 is 5.32 Å². The van der Waals surface area contributed by atoms with E-state index in [1.807, 2.05) is 0 Å². The van der Waals surface area contributed by atoms with E-state index in [4.69, 9.17) is 11.6 Å². The van der Waals surface area contributed by atoms with Gasteiger partial charge in [0.1, 0.15) is 6.54 Å². The van der Waals surface area contributed by atoms with Gasteiger partial charge in [-0.1, -0.05) is 48.0 Å². The number of nitrogens with one attached hydrogen (secondary N) is 2. The number of benzene rings is 4. The van der Waals surface area contributed by atoms with Crippen molar-refractivity contribution in [1.29, 1.82) is 0 Å². The van der Waals surface area contributed by atoms with Gasteiger partial charge in [-0.25, -0.2) is 16.8 Å². The molecule has 4 aromatic rings. The molecule has 0 saturated carbocycles. The monoisotopic (exact) mass is 569 g/mol. The normalized spacial score (nSPS) is 11.5. The summed E-state index contributed by atoms with van der Waals surface area (Å²) < 4.78 is 55.8. The average molecular weight is 570 g/mol. The predicted molar refractivity (Wildman–Crippen MR) is 149 cm³/mol. The predicted octanol–water partition coefficient (Wildman–Crippen LogP) is 5.28. The SMILES string of the molecule is Cc1ccccc1N(CC(=O)Nc1ccc(S(=O)(=O)Nc2ccc(Cl)cc2)cc1)S(=O)(=O)c1ccccc1. The van der Waals surface area contributed by atoms with Crippen LogP contribution in [0.4, 0.5) is 17.1 Å². The molecule has 8 nitrogen and oxygen atoms in total. The molecule has 0 spiro atoms. The lowest BCUT2D eigenvalue weighted by Gasteiger charge is -2.25. The van der Waals surface area contributed by atoms with Gasteiger partial charge in [0.25, 0.3) is 20.0 Å². The third-order valence-corrected chi connectivity index (χ3v) is 8.97. The number of hydrogen-bond acceptors (Lipinski definition) is 5. The summed E-state index contributed by atoms with van der Waals surface area (Å²) in [5.74, 6) is -0.595. The first kappa shape index (κ1) is 27.2. The van der Waals surface area contributed by atoms with Crippen molar-refractivity contribution in [3.8, 4) is 0 Å². The molecule has 196 valence electrons. The van der Waals surface area contributed by atoms with Crippen LogP contribution in [0, 0.1) is 6.92 Å². The van der Waals surface area contributed by atoms with E-state index in [0.29, 0.717) is 27.6 Å². The van der Waals surface area contributed by atoms with E-state index < -0.39 is 32.5 Å². The Bertz CT molecular complexity index is 1640. The number of rotatable bonds is 9. The highest BCUT2D eigenvalue weighted by Gasteiger charge is 2.28. The minimum atomic E-state index is -4.05.